The summed E-state index contributed by atoms with van der Waals surface area (Å²) in [5.74, 6) is -1.25. The van der Waals surface area contributed by atoms with E-state index in [2.05, 4.69) is 0 Å². The lowest BCUT2D eigenvalue weighted by Gasteiger charge is -2.59. The minimum Gasteiger partial charge on any atom is -0.495 e. The molecule has 5 heterocycles. The molecule has 4 saturated heterocycles. The first kappa shape index (κ1) is 26.2. The maximum absolute atomic E-state index is 13.5. The van der Waals surface area contributed by atoms with Gasteiger partial charge in [-0.15, -0.1) is 0 Å². The molecule has 0 aromatic carbocycles. The predicted molar refractivity (Wildman–Crippen MR) is 133 cm³/mol. The SMILES string of the molecule is CC(=O)O[C@H]1C[C@@]23COC(=O)[C@H]4O[C@@]45CCO/C(=C/C/C=C\C(=O)O[C@@H]4C[C@@H](O[C@@H]2C=C1C)[C@@]1(CO1)C43C)C5O. The van der Waals surface area contributed by atoms with Crippen LogP contribution in [0.5, 0.6) is 0 Å². The van der Waals surface area contributed by atoms with Crippen LogP contribution in [0.25, 0.3) is 0 Å². The summed E-state index contributed by atoms with van der Waals surface area (Å²) in [6.07, 6.45) is 3.84. The van der Waals surface area contributed by atoms with E-state index in [-0.39, 0.29) is 25.7 Å². The standard InChI is InChI=1S/C29H34O11/c1-15-10-20-27(12-18(15)37-16(2)30)13-35-25(33)24-28(40-24)8-9-34-17(23(28)32)6-4-5-7-22(31)39-19-11-21(38-20)29(14-36-29)26(19,27)3/h5-7,10,18-21,23-24,32H,4,8-9,11-14H2,1-3H3/b7-5-,17-6+/t18-,19+,20+,21+,23?,24+,26?,27+,28+,29-/m0/s1. The number of fused-ring (bicyclic) bond motifs is 1. The quantitative estimate of drug-likeness (QED) is 0.216. The van der Waals surface area contributed by atoms with Crippen LogP contribution in [0.2, 0.25) is 0 Å². The number of rotatable bonds is 1. The van der Waals surface area contributed by atoms with Gasteiger partial charge < -0.3 is 38.3 Å². The van der Waals surface area contributed by atoms with Gasteiger partial charge in [-0.05, 0) is 25.0 Å². The fourth-order valence-corrected chi connectivity index (χ4v) is 8.05. The fourth-order valence-electron chi connectivity index (χ4n) is 8.05. The fraction of sp³-hybridized carbons (Fsp3) is 0.690. The molecule has 3 spiro atoms. The number of esters is 3. The molecule has 216 valence electrons. The third-order valence-electron chi connectivity index (χ3n) is 10.5. The van der Waals surface area contributed by atoms with E-state index in [0.717, 1.165) is 5.57 Å². The lowest BCUT2D eigenvalue weighted by molar-refractivity contribution is -0.240. The van der Waals surface area contributed by atoms with Crippen molar-refractivity contribution in [2.75, 3.05) is 19.8 Å². The van der Waals surface area contributed by atoms with Crippen LogP contribution >= 0.6 is 0 Å². The molecule has 4 bridgehead atoms. The summed E-state index contributed by atoms with van der Waals surface area (Å²) in [5.41, 5.74) is -2.81. The first-order chi connectivity index (χ1) is 19.1. The number of cyclic esters (lactones) is 1. The van der Waals surface area contributed by atoms with Crippen molar-refractivity contribution >= 4 is 17.9 Å². The number of hydrogen-bond donors (Lipinski definition) is 1. The highest BCUT2D eigenvalue weighted by atomic mass is 16.7. The third-order valence-corrected chi connectivity index (χ3v) is 10.5. The Morgan fingerprint density at radius 3 is 2.73 bits per heavy atom. The average molecular weight is 559 g/mol. The number of carbonyl (C=O) groups is 3. The van der Waals surface area contributed by atoms with Crippen molar-refractivity contribution in [1.82, 2.24) is 0 Å². The molecule has 2 aliphatic carbocycles. The molecule has 0 aromatic rings. The molecule has 11 heteroatoms. The number of epoxide rings is 2. The maximum Gasteiger partial charge on any atom is 0.338 e. The number of aliphatic hydroxyl groups excluding tert-OH is 1. The summed E-state index contributed by atoms with van der Waals surface area (Å²) < 4.78 is 42.1. The second-order valence-electron chi connectivity index (χ2n) is 12.3. The van der Waals surface area contributed by atoms with Gasteiger partial charge in [0.25, 0.3) is 0 Å². The van der Waals surface area contributed by atoms with E-state index in [0.29, 0.717) is 31.6 Å². The van der Waals surface area contributed by atoms with Crippen LogP contribution in [-0.2, 0) is 47.5 Å². The highest BCUT2D eigenvalue weighted by molar-refractivity contribution is 5.82. The van der Waals surface area contributed by atoms with Crippen LogP contribution in [0.4, 0.5) is 0 Å². The Morgan fingerprint density at radius 1 is 1.18 bits per heavy atom. The second kappa shape index (κ2) is 8.64. The van der Waals surface area contributed by atoms with Crippen molar-refractivity contribution in [2.45, 2.75) is 94.3 Å². The maximum atomic E-state index is 13.5. The zero-order chi connectivity index (χ0) is 28.1. The van der Waals surface area contributed by atoms with E-state index in [1.807, 2.05) is 19.9 Å². The van der Waals surface area contributed by atoms with Gasteiger partial charge in [-0.2, -0.15) is 0 Å². The normalized spacial score (nSPS) is 51.0. The van der Waals surface area contributed by atoms with Crippen LogP contribution < -0.4 is 0 Å². The summed E-state index contributed by atoms with van der Waals surface area (Å²) >= 11 is 0. The van der Waals surface area contributed by atoms with Crippen LogP contribution in [0.1, 0.15) is 46.5 Å². The molecule has 0 radical (unpaired) electrons. The molecular weight excluding hydrogens is 524 g/mol. The summed E-state index contributed by atoms with van der Waals surface area (Å²) in [6.45, 7) is 5.83. The van der Waals surface area contributed by atoms with Crippen LogP contribution in [0.15, 0.2) is 35.6 Å². The zero-order valence-corrected chi connectivity index (χ0v) is 22.8. The smallest absolute Gasteiger partial charge is 0.338 e. The first-order valence-corrected chi connectivity index (χ1v) is 13.9. The Hall–Kier alpha value is -2.73. The molecule has 11 nitrogen and oxygen atoms in total. The van der Waals surface area contributed by atoms with Crippen molar-refractivity contribution in [3.63, 3.8) is 0 Å². The van der Waals surface area contributed by atoms with Gasteiger partial charge in [0.15, 0.2) is 6.10 Å². The number of carbonyl (C=O) groups excluding carboxylic acids is 3. The molecule has 1 N–H and O–H groups in total. The van der Waals surface area contributed by atoms with Gasteiger partial charge in [-0.25, -0.2) is 9.59 Å². The monoisotopic (exact) mass is 558 g/mol. The Bertz CT molecular complexity index is 1250. The topological polar surface area (TPSA) is 143 Å². The van der Waals surface area contributed by atoms with Crippen LogP contribution in [-0.4, -0.2) is 90.7 Å². The van der Waals surface area contributed by atoms with Crippen LogP contribution in [0.3, 0.4) is 0 Å². The Morgan fingerprint density at radius 2 is 1.98 bits per heavy atom. The molecule has 0 amide bonds. The molecule has 5 aliphatic heterocycles. The molecule has 7 rings (SSSR count). The lowest BCUT2D eigenvalue weighted by Crippen LogP contribution is -2.68. The number of aliphatic hydroxyl groups is 1. The van der Waals surface area contributed by atoms with Gasteiger partial charge >= 0.3 is 17.9 Å². The predicted octanol–water partition coefficient (Wildman–Crippen LogP) is 1.42. The highest BCUT2D eigenvalue weighted by Crippen LogP contribution is 2.72. The first-order valence-electron chi connectivity index (χ1n) is 13.9. The molecule has 40 heavy (non-hydrogen) atoms. The van der Waals surface area contributed by atoms with Gasteiger partial charge in [0, 0.05) is 32.3 Å². The molecule has 2 unspecified atom stereocenters. The Kier molecular flexibility index (Phi) is 5.66. The molecule has 5 fully saturated rings. The minimum absolute atomic E-state index is 0.110. The third kappa shape index (κ3) is 3.41. The van der Waals surface area contributed by atoms with E-state index in [1.54, 1.807) is 12.2 Å². The van der Waals surface area contributed by atoms with Gasteiger partial charge in [-0.3, -0.25) is 4.79 Å². The molecule has 1 saturated carbocycles. The summed E-state index contributed by atoms with van der Waals surface area (Å²) in [6, 6.07) is 0. The zero-order valence-electron chi connectivity index (χ0n) is 22.8. The summed E-state index contributed by atoms with van der Waals surface area (Å²) in [7, 11) is 0. The van der Waals surface area contributed by atoms with Gasteiger partial charge in [0.2, 0.25) is 0 Å². The molecule has 0 aromatic heterocycles. The van der Waals surface area contributed by atoms with Crippen molar-refractivity contribution in [2.24, 2.45) is 10.8 Å². The number of ether oxygens (including phenoxy) is 7. The van der Waals surface area contributed by atoms with Gasteiger partial charge in [-0.1, -0.05) is 19.1 Å². The van der Waals surface area contributed by atoms with E-state index in [9.17, 15) is 19.5 Å². The van der Waals surface area contributed by atoms with Crippen molar-refractivity contribution in [1.29, 1.82) is 0 Å². The largest absolute Gasteiger partial charge is 0.495 e. The van der Waals surface area contributed by atoms with Crippen molar-refractivity contribution in [3.05, 3.63) is 35.6 Å². The van der Waals surface area contributed by atoms with Gasteiger partial charge in [0.05, 0.1) is 36.3 Å². The van der Waals surface area contributed by atoms with Crippen molar-refractivity contribution < 1.29 is 52.6 Å². The molecular formula is C29H34O11. The van der Waals surface area contributed by atoms with E-state index in [4.69, 9.17) is 33.2 Å². The van der Waals surface area contributed by atoms with Gasteiger partial charge in [0.1, 0.15) is 41.9 Å². The minimum atomic E-state index is -1.15. The summed E-state index contributed by atoms with van der Waals surface area (Å²) in [5, 5.41) is 11.0. The Labute approximate surface area is 231 Å². The number of hydrogen-bond acceptors (Lipinski definition) is 11. The van der Waals surface area contributed by atoms with Crippen molar-refractivity contribution in [3.8, 4) is 0 Å². The van der Waals surface area contributed by atoms with E-state index in [1.165, 1.54) is 13.0 Å². The average Bonchev–Trinajstić information content (AvgIpc) is 3.81. The second-order valence-corrected chi connectivity index (χ2v) is 12.3. The van der Waals surface area contributed by atoms with E-state index < -0.39 is 70.5 Å². The highest BCUT2D eigenvalue weighted by Gasteiger charge is 2.83. The number of allylic oxidation sites excluding steroid dienone is 2. The molecule has 7 aliphatic rings. The molecule has 10 atom stereocenters. The summed E-state index contributed by atoms with van der Waals surface area (Å²) in [4.78, 5) is 38.6. The van der Waals surface area contributed by atoms with Crippen LogP contribution in [0, 0.1) is 10.8 Å². The lowest BCUT2D eigenvalue weighted by atomic mass is 9.51. The Balaban J connectivity index is 1.31. The van der Waals surface area contributed by atoms with E-state index >= 15 is 0 Å².